The average Bonchev–Trinajstić information content (AvgIpc) is 0.926. The molecule has 5 atom stereocenters. The molecule has 17 nitrogen and oxygen atoms in total. The van der Waals surface area contributed by atoms with Crippen molar-refractivity contribution in [2.45, 2.75) is 341 Å². The molecule has 0 bridgehead atoms. The van der Waals surface area contributed by atoms with Gasteiger partial charge >= 0.3 is 39.5 Å². The van der Waals surface area contributed by atoms with Gasteiger partial charge in [0.15, 0.2) is 12.2 Å². The Morgan fingerprint density at radius 3 is 0.827 bits per heavy atom. The van der Waals surface area contributed by atoms with Crippen molar-refractivity contribution in [3.8, 4) is 0 Å². The zero-order chi connectivity index (χ0) is 76.0. The predicted octanol–water partition coefficient (Wildman–Crippen LogP) is 23.7. The molecule has 0 aromatic rings. The lowest BCUT2D eigenvalue weighted by Crippen LogP contribution is -2.30. The van der Waals surface area contributed by atoms with Gasteiger partial charge in [0, 0.05) is 25.7 Å². The van der Waals surface area contributed by atoms with Crippen LogP contribution in [0.25, 0.3) is 0 Å². The zero-order valence-electron chi connectivity index (χ0n) is 65.2. The molecule has 0 aliphatic rings. The van der Waals surface area contributed by atoms with Crippen LogP contribution in [0.15, 0.2) is 134 Å². The first-order valence-corrected chi connectivity index (χ1v) is 43.4. The van der Waals surface area contributed by atoms with Crippen LogP contribution in [0.5, 0.6) is 0 Å². The Bertz CT molecular complexity index is 2490. The molecule has 19 heteroatoms. The fraction of sp³-hybridized carbons (Fsp3) is 0.694. The number of ether oxygens (including phenoxy) is 4. The molecule has 0 aromatic carbocycles. The van der Waals surface area contributed by atoms with E-state index in [1.165, 1.54) is 103 Å². The first-order chi connectivity index (χ1) is 50.7. The molecule has 104 heavy (non-hydrogen) atoms. The van der Waals surface area contributed by atoms with E-state index in [0.29, 0.717) is 38.5 Å². The molecule has 0 saturated heterocycles. The topological polar surface area (TPSA) is 237 Å². The van der Waals surface area contributed by atoms with E-state index in [2.05, 4.69) is 137 Å². The first-order valence-electron chi connectivity index (χ1n) is 40.4. The van der Waals surface area contributed by atoms with E-state index in [9.17, 15) is 43.2 Å². The first kappa shape index (κ1) is 99.2. The highest BCUT2D eigenvalue weighted by Crippen LogP contribution is 2.45. The fourth-order valence-electron chi connectivity index (χ4n) is 10.5. The summed E-state index contributed by atoms with van der Waals surface area (Å²) in [6, 6.07) is 0. The quantitative estimate of drug-likeness (QED) is 0.0169. The summed E-state index contributed by atoms with van der Waals surface area (Å²) in [7, 11) is -10.00. The highest BCUT2D eigenvalue weighted by Gasteiger charge is 2.30. The van der Waals surface area contributed by atoms with Gasteiger partial charge < -0.3 is 33.8 Å². The summed E-state index contributed by atoms with van der Waals surface area (Å²) < 4.78 is 68.5. The van der Waals surface area contributed by atoms with Crippen LogP contribution in [-0.4, -0.2) is 96.7 Å². The number of carbonyl (C=O) groups is 4. The van der Waals surface area contributed by atoms with Crippen LogP contribution in [0.1, 0.15) is 323 Å². The summed E-state index contributed by atoms with van der Waals surface area (Å²) in [5.41, 5.74) is 0. The molecule has 0 amide bonds. The van der Waals surface area contributed by atoms with E-state index in [1.807, 2.05) is 24.3 Å². The molecule has 0 heterocycles. The Hall–Kier alpha value is -4.80. The number of phosphoric acid groups is 2. The third kappa shape index (κ3) is 75.4. The Labute approximate surface area is 631 Å². The Morgan fingerprint density at radius 1 is 0.279 bits per heavy atom. The Morgan fingerprint density at radius 2 is 0.510 bits per heavy atom. The third-order valence-corrected chi connectivity index (χ3v) is 18.5. The maximum Gasteiger partial charge on any atom is 0.472 e. The molecule has 0 saturated carbocycles. The number of carbonyl (C=O) groups excluding carboxylic acids is 4. The summed E-state index contributed by atoms with van der Waals surface area (Å²) in [6.45, 7) is 4.53. The second-order valence-electron chi connectivity index (χ2n) is 26.6. The molecule has 0 fully saturated rings. The van der Waals surface area contributed by atoms with E-state index in [4.69, 9.17) is 37.0 Å². The monoisotopic (exact) mass is 1500 g/mol. The van der Waals surface area contributed by atoms with Crippen LogP contribution >= 0.6 is 15.6 Å². The average molecular weight is 1500 g/mol. The molecule has 0 aliphatic carbocycles. The van der Waals surface area contributed by atoms with Crippen LogP contribution in [0, 0.1) is 0 Å². The normalized spacial score (nSPS) is 14.6. The molecular formula is C85H144O17P2. The highest BCUT2D eigenvalue weighted by atomic mass is 31.2. The van der Waals surface area contributed by atoms with Gasteiger partial charge in [-0.05, 0) is 128 Å². The number of esters is 4. The number of aliphatic hydroxyl groups is 1. The highest BCUT2D eigenvalue weighted by molar-refractivity contribution is 7.47. The standard InChI is InChI=1S/C85H144O17P2/c1-5-9-13-17-21-25-29-33-37-39-43-46-50-54-58-62-66-70-83(88)96-76-81(102-85(90)72-68-64-60-56-52-48-44-40-38-34-30-26-22-18-14-10-6-2)78-100-104(93,94)98-74-79(86)73-97-103(91,92)99-77-80(101-84(89)71-67-63-59-55-51-47-42-36-32-28-24-20-16-12-8-4)75-95-82(87)69-65-61-57-53-49-45-41-35-31-27-23-19-15-11-7-3/h9-10,13-14,21-22,25-26,33-35,37-38,41,43-44,46,48,54,56,58,60,79-81,86H,5-8,11-12,15-20,23-24,27-32,36,39-40,42,45,47,49-53,55,57,59,61-78H2,1-4H3,(H,91,92)(H,93,94)/b13-9-,14-10-,25-21-,26-22-,37-33-,38-34-,41-35-,46-43-,48-44-,58-54-,60-56-. The van der Waals surface area contributed by atoms with Crippen molar-refractivity contribution >= 4 is 39.5 Å². The van der Waals surface area contributed by atoms with E-state index in [0.717, 1.165) is 128 Å². The summed E-state index contributed by atoms with van der Waals surface area (Å²) in [6.07, 6.45) is 85.9. The summed E-state index contributed by atoms with van der Waals surface area (Å²) in [4.78, 5) is 73.0. The van der Waals surface area contributed by atoms with Crippen molar-refractivity contribution in [2.24, 2.45) is 0 Å². The largest absolute Gasteiger partial charge is 0.472 e. The number of hydrogen-bond acceptors (Lipinski definition) is 15. The lowest BCUT2D eigenvalue weighted by Gasteiger charge is -2.21. The lowest BCUT2D eigenvalue weighted by atomic mass is 10.0. The van der Waals surface area contributed by atoms with E-state index in [1.54, 1.807) is 0 Å². The summed E-state index contributed by atoms with van der Waals surface area (Å²) in [5, 5.41) is 10.6. The van der Waals surface area contributed by atoms with Gasteiger partial charge in [-0.1, -0.05) is 303 Å². The van der Waals surface area contributed by atoms with Crippen LogP contribution < -0.4 is 0 Å². The van der Waals surface area contributed by atoms with Gasteiger partial charge in [-0.15, -0.1) is 0 Å². The lowest BCUT2D eigenvalue weighted by molar-refractivity contribution is -0.161. The van der Waals surface area contributed by atoms with Gasteiger partial charge in [0.2, 0.25) is 0 Å². The van der Waals surface area contributed by atoms with Gasteiger partial charge in [0.05, 0.1) is 26.4 Å². The number of aliphatic hydroxyl groups excluding tert-OH is 1. The molecule has 596 valence electrons. The number of rotatable bonds is 75. The van der Waals surface area contributed by atoms with Gasteiger partial charge in [0.1, 0.15) is 19.3 Å². The van der Waals surface area contributed by atoms with E-state index >= 15 is 0 Å². The minimum Gasteiger partial charge on any atom is -0.462 e. The van der Waals surface area contributed by atoms with Crippen molar-refractivity contribution in [3.63, 3.8) is 0 Å². The molecule has 0 rings (SSSR count). The smallest absolute Gasteiger partial charge is 0.462 e. The molecule has 0 aromatic heterocycles. The molecular weight excluding hydrogens is 1350 g/mol. The molecule has 0 aliphatic heterocycles. The molecule has 3 N–H and O–H groups in total. The molecule has 5 unspecified atom stereocenters. The van der Waals surface area contributed by atoms with Crippen molar-refractivity contribution in [2.75, 3.05) is 39.6 Å². The van der Waals surface area contributed by atoms with Crippen molar-refractivity contribution in [1.82, 2.24) is 0 Å². The van der Waals surface area contributed by atoms with Gasteiger partial charge in [0.25, 0.3) is 0 Å². The van der Waals surface area contributed by atoms with Crippen LogP contribution in [-0.2, 0) is 65.4 Å². The minimum atomic E-state index is -5.01. The van der Waals surface area contributed by atoms with Crippen molar-refractivity contribution < 1.29 is 80.2 Å². The van der Waals surface area contributed by atoms with Crippen LogP contribution in [0.3, 0.4) is 0 Å². The Kier molecular flexibility index (Phi) is 72.9. The van der Waals surface area contributed by atoms with Gasteiger partial charge in [-0.3, -0.25) is 37.3 Å². The fourth-order valence-corrected chi connectivity index (χ4v) is 12.1. The van der Waals surface area contributed by atoms with Crippen LogP contribution in [0.4, 0.5) is 0 Å². The maximum atomic E-state index is 13.1. The zero-order valence-corrected chi connectivity index (χ0v) is 66.9. The van der Waals surface area contributed by atoms with E-state index < -0.39 is 97.5 Å². The summed E-state index contributed by atoms with van der Waals surface area (Å²) in [5.74, 6) is -2.31. The number of phosphoric ester groups is 2. The Balaban J connectivity index is 5.47. The van der Waals surface area contributed by atoms with Gasteiger partial charge in [-0.25, -0.2) is 9.13 Å². The second kappa shape index (κ2) is 76.4. The second-order valence-corrected chi connectivity index (χ2v) is 29.5. The minimum absolute atomic E-state index is 0.00103. The summed E-state index contributed by atoms with van der Waals surface area (Å²) >= 11 is 0. The number of hydrogen-bond donors (Lipinski definition) is 3. The number of unbranched alkanes of at least 4 members (excludes halogenated alkanes) is 27. The third-order valence-electron chi connectivity index (χ3n) is 16.6. The van der Waals surface area contributed by atoms with Crippen molar-refractivity contribution in [1.29, 1.82) is 0 Å². The van der Waals surface area contributed by atoms with Crippen LogP contribution in [0.2, 0.25) is 0 Å². The SMILES string of the molecule is CC/C=C\C/C=C\C/C=C\C/C=C\C/C=C\CCCC(=O)OCC(COP(=O)(O)OCC(O)COP(=O)(O)OCC(COC(=O)CCCCCCC/C=C\CCCCCCCC)OC(=O)CCCCCCCCCCCCCCCCC)OC(=O)CCC/C=C\C/C=C\C/C=C\C/C=C\C/C=C\CC. The van der Waals surface area contributed by atoms with Crippen molar-refractivity contribution in [3.05, 3.63) is 134 Å². The predicted molar refractivity (Wildman–Crippen MR) is 427 cm³/mol. The number of allylic oxidation sites excluding steroid dienone is 22. The maximum absolute atomic E-state index is 13.1. The van der Waals surface area contributed by atoms with Gasteiger partial charge in [-0.2, -0.15) is 0 Å². The van der Waals surface area contributed by atoms with E-state index in [-0.39, 0.29) is 25.7 Å². The molecule has 0 spiro atoms. The molecule has 0 radical (unpaired) electrons.